The Bertz CT molecular complexity index is 483. The maximum atomic E-state index is 11.0. The highest BCUT2D eigenvalue weighted by Crippen LogP contribution is 2.31. The van der Waals surface area contributed by atoms with E-state index in [1.165, 1.54) is 7.11 Å². The Kier molecular flexibility index (Phi) is 4.47. The van der Waals surface area contributed by atoms with E-state index in [0.717, 1.165) is 5.56 Å². The number of methoxy groups -OCH3 is 1. The predicted octanol–water partition coefficient (Wildman–Crippen LogP) is 2.98. The van der Waals surface area contributed by atoms with Gasteiger partial charge in [-0.25, -0.2) is 8.42 Å². The summed E-state index contributed by atoms with van der Waals surface area (Å²) in [5.41, 5.74) is 1.43. The van der Waals surface area contributed by atoms with Gasteiger partial charge in [0.25, 0.3) is 0 Å². The van der Waals surface area contributed by atoms with Crippen molar-refractivity contribution in [1.82, 2.24) is 0 Å². The molecular weight excluding hydrogens is 271 g/mol. The summed E-state index contributed by atoms with van der Waals surface area (Å²) in [5.74, 6) is 0.352. The SMILES string of the molecule is CCc1cc(CS(=O)(=O)Cl)cc(Cl)c1OC. The molecule has 0 heterocycles. The third-order valence-corrected chi connectivity index (χ3v) is 3.39. The van der Waals surface area contributed by atoms with Gasteiger partial charge in [-0.1, -0.05) is 24.6 Å². The lowest BCUT2D eigenvalue weighted by atomic mass is 10.1. The second kappa shape index (κ2) is 5.25. The summed E-state index contributed by atoms with van der Waals surface area (Å²) in [6.45, 7) is 1.94. The van der Waals surface area contributed by atoms with E-state index in [9.17, 15) is 8.42 Å². The van der Waals surface area contributed by atoms with E-state index in [2.05, 4.69) is 0 Å². The molecule has 0 spiro atoms. The van der Waals surface area contributed by atoms with Crippen molar-refractivity contribution in [2.45, 2.75) is 19.1 Å². The summed E-state index contributed by atoms with van der Waals surface area (Å²) >= 11 is 5.98. The first-order valence-corrected chi connectivity index (χ1v) is 7.50. The maximum Gasteiger partial charge on any atom is 0.236 e. The molecule has 0 fully saturated rings. The molecule has 0 amide bonds. The zero-order valence-corrected chi connectivity index (χ0v) is 11.3. The number of rotatable bonds is 4. The molecule has 1 rings (SSSR count). The van der Waals surface area contributed by atoms with Gasteiger partial charge in [0.2, 0.25) is 9.05 Å². The van der Waals surface area contributed by atoms with E-state index in [4.69, 9.17) is 27.0 Å². The minimum absolute atomic E-state index is 0.231. The number of hydrogen-bond acceptors (Lipinski definition) is 3. The van der Waals surface area contributed by atoms with Crippen molar-refractivity contribution < 1.29 is 13.2 Å². The first kappa shape index (κ1) is 13.6. The van der Waals surface area contributed by atoms with Crippen LogP contribution in [0.1, 0.15) is 18.1 Å². The Hall–Kier alpha value is -0.450. The first-order valence-electron chi connectivity index (χ1n) is 4.65. The van der Waals surface area contributed by atoms with E-state index in [1.807, 2.05) is 6.92 Å². The number of aryl methyl sites for hydroxylation is 1. The summed E-state index contributed by atoms with van der Waals surface area (Å²) in [4.78, 5) is 0. The second-order valence-corrected chi connectivity index (χ2v) is 6.49. The molecule has 90 valence electrons. The molecule has 3 nitrogen and oxygen atoms in total. The van der Waals surface area contributed by atoms with Crippen molar-refractivity contribution in [2.75, 3.05) is 7.11 Å². The van der Waals surface area contributed by atoms with Gasteiger partial charge in [0, 0.05) is 10.7 Å². The lowest BCUT2D eigenvalue weighted by Gasteiger charge is -2.10. The number of ether oxygens (including phenoxy) is 1. The third kappa shape index (κ3) is 3.54. The maximum absolute atomic E-state index is 11.0. The minimum Gasteiger partial charge on any atom is -0.495 e. The van der Waals surface area contributed by atoms with Gasteiger partial charge in [-0.3, -0.25) is 0 Å². The van der Waals surface area contributed by atoms with Crippen LogP contribution in [-0.2, 0) is 21.2 Å². The summed E-state index contributed by atoms with van der Waals surface area (Å²) in [7, 11) is 3.15. The van der Waals surface area contributed by atoms with Gasteiger partial charge in [0.05, 0.1) is 17.9 Å². The molecule has 6 heteroatoms. The zero-order valence-electron chi connectivity index (χ0n) is 8.96. The molecule has 0 aliphatic heterocycles. The Morgan fingerprint density at radius 1 is 1.38 bits per heavy atom. The van der Waals surface area contributed by atoms with Gasteiger partial charge in [-0.15, -0.1) is 0 Å². The van der Waals surface area contributed by atoms with Crippen LogP contribution in [-0.4, -0.2) is 15.5 Å². The minimum atomic E-state index is -3.57. The molecule has 0 atom stereocenters. The summed E-state index contributed by atoms with van der Waals surface area (Å²) in [6, 6.07) is 3.30. The zero-order chi connectivity index (χ0) is 12.3. The molecule has 0 bridgehead atoms. The molecule has 1 aromatic rings. The van der Waals surface area contributed by atoms with E-state index in [1.54, 1.807) is 12.1 Å². The molecule has 1 aromatic carbocycles. The molecule has 0 aliphatic carbocycles. The van der Waals surface area contributed by atoms with Crippen molar-refractivity contribution in [3.63, 3.8) is 0 Å². The molecule has 0 radical (unpaired) electrons. The molecule has 0 aromatic heterocycles. The standard InChI is InChI=1S/C10H12Cl2O3S/c1-3-8-4-7(6-16(12,13)14)5-9(11)10(8)15-2/h4-5H,3,6H2,1-2H3. The van der Waals surface area contributed by atoms with Crippen molar-refractivity contribution in [2.24, 2.45) is 0 Å². The quantitative estimate of drug-likeness (QED) is 0.798. The van der Waals surface area contributed by atoms with Crippen LogP contribution in [0.5, 0.6) is 5.75 Å². The molecule has 0 aliphatic rings. The van der Waals surface area contributed by atoms with Crippen molar-refractivity contribution >= 4 is 31.3 Å². The summed E-state index contributed by atoms with van der Waals surface area (Å²) in [6.07, 6.45) is 0.707. The van der Waals surface area contributed by atoms with Crippen LogP contribution < -0.4 is 4.74 Å². The van der Waals surface area contributed by atoms with E-state index >= 15 is 0 Å². The van der Waals surface area contributed by atoms with Crippen LogP contribution >= 0.6 is 22.3 Å². The molecule has 0 unspecified atom stereocenters. The van der Waals surface area contributed by atoms with Crippen LogP contribution in [0.25, 0.3) is 0 Å². The summed E-state index contributed by atoms with van der Waals surface area (Å²) in [5, 5.41) is 0.400. The average Bonchev–Trinajstić information content (AvgIpc) is 2.14. The van der Waals surface area contributed by atoms with Gasteiger partial charge in [-0.2, -0.15) is 0 Å². The molecular formula is C10H12Cl2O3S. The normalized spacial score (nSPS) is 11.5. The fraction of sp³-hybridized carbons (Fsp3) is 0.400. The fourth-order valence-corrected chi connectivity index (χ4v) is 2.77. The van der Waals surface area contributed by atoms with Crippen molar-refractivity contribution in [3.8, 4) is 5.75 Å². The lowest BCUT2D eigenvalue weighted by molar-refractivity contribution is 0.410. The van der Waals surface area contributed by atoms with Gasteiger partial charge >= 0.3 is 0 Å². The Labute approximate surface area is 105 Å². The predicted molar refractivity (Wildman–Crippen MR) is 65.9 cm³/mol. The molecule has 0 saturated carbocycles. The third-order valence-electron chi connectivity index (χ3n) is 2.10. The van der Waals surface area contributed by atoms with Crippen LogP contribution in [0.2, 0.25) is 5.02 Å². The van der Waals surface area contributed by atoms with Gasteiger partial charge in [-0.05, 0) is 23.6 Å². The number of halogens is 2. The van der Waals surface area contributed by atoms with Gasteiger partial charge in [0.15, 0.2) is 0 Å². The highest BCUT2D eigenvalue weighted by atomic mass is 35.7. The van der Waals surface area contributed by atoms with Crippen LogP contribution in [0.3, 0.4) is 0 Å². The van der Waals surface area contributed by atoms with Crippen LogP contribution in [0.4, 0.5) is 0 Å². The van der Waals surface area contributed by atoms with Crippen LogP contribution in [0.15, 0.2) is 12.1 Å². The second-order valence-electron chi connectivity index (χ2n) is 3.31. The van der Waals surface area contributed by atoms with Crippen LogP contribution in [0, 0.1) is 0 Å². The Balaban J connectivity index is 3.20. The van der Waals surface area contributed by atoms with Crippen molar-refractivity contribution in [1.29, 1.82) is 0 Å². The van der Waals surface area contributed by atoms with E-state index < -0.39 is 9.05 Å². The smallest absolute Gasteiger partial charge is 0.236 e. The van der Waals surface area contributed by atoms with E-state index in [0.29, 0.717) is 22.8 Å². The number of benzene rings is 1. The average molecular weight is 283 g/mol. The fourth-order valence-electron chi connectivity index (χ4n) is 1.49. The molecule has 0 N–H and O–H groups in total. The summed E-state index contributed by atoms with van der Waals surface area (Å²) < 4.78 is 27.1. The Morgan fingerprint density at radius 2 is 2.00 bits per heavy atom. The largest absolute Gasteiger partial charge is 0.495 e. The van der Waals surface area contributed by atoms with Crippen molar-refractivity contribution in [3.05, 3.63) is 28.3 Å². The monoisotopic (exact) mass is 282 g/mol. The topological polar surface area (TPSA) is 43.4 Å². The highest BCUT2D eigenvalue weighted by molar-refractivity contribution is 8.13. The van der Waals surface area contributed by atoms with Gasteiger partial charge in [0.1, 0.15) is 5.75 Å². The highest BCUT2D eigenvalue weighted by Gasteiger charge is 2.13. The lowest BCUT2D eigenvalue weighted by Crippen LogP contribution is -1.99. The molecule has 0 saturated heterocycles. The van der Waals surface area contributed by atoms with E-state index in [-0.39, 0.29) is 5.75 Å². The first-order chi connectivity index (χ1) is 7.37. The Morgan fingerprint density at radius 3 is 2.44 bits per heavy atom. The van der Waals surface area contributed by atoms with Gasteiger partial charge < -0.3 is 4.74 Å². The molecule has 16 heavy (non-hydrogen) atoms. The number of hydrogen-bond donors (Lipinski definition) is 0.